The van der Waals surface area contributed by atoms with E-state index in [1.54, 1.807) is 12.2 Å². The van der Waals surface area contributed by atoms with Crippen molar-refractivity contribution in [3.8, 4) is 0 Å². The van der Waals surface area contributed by atoms with Crippen molar-refractivity contribution in [2.45, 2.75) is 13.8 Å². The topological polar surface area (TPSA) is 36.2 Å². The SMILES string of the molecule is C=C/C=C\N=N.CC. The van der Waals surface area contributed by atoms with Gasteiger partial charge >= 0.3 is 0 Å². The van der Waals surface area contributed by atoms with Crippen molar-refractivity contribution in [3.05, 3.63) is 24.9 Å². The maximum absolute atomic E-state index is 6.20. The van der Waals surface area contributed by atoms with Crippen molar-refractivity contribution in [2.75, 3.05) is 0 Å². The van der Waals surface area contributed by atoms with Crippen LogP contribution < -0.4 is 0 Å². The van der Waals surface area contributed by atoms with Crippen LogP contribution in [0.4, 0.5) is 0 Å². The summed E-state index contributed by atoms with van der Waals surface area (Å²) in [5.74, 6) is 0. The molecular weight excluding hydrogens is 100 g/mol. The molecule has 0 aliphatic rings. The Morgan fingerprint density at radius 1 is 1.50 bits per heavy atom. The van der Waals surface area contributed by atoms with E-state index in [-0.39, 0.29) is 0 Å². The van der Waals surface area contributed by atoms with Crippen LogP contribution in [0.5, 0.6) is 0 Å². The summed E-state index contributed by atoms with van der Waals surface area (Å²) < 4.78 is 0. The summed E-state index contributed by atoms with van der Waals surface area (Å²) in [6, 6.07) is 0. The van der Waals surface area contributed by atoms with E-state index < -0.39 is 0 Å². The van der Waals surface area contributed by atoms with Crippen LogP contribution >= 0.6 is 0 Å². The molecule has 0 rings (SSSR count). The molecule has 0 radical (unpaired) electrons. The van der Waals surface area contributed by atoms with Gasteiger partial charge in [0.15, 0.2) is 0 Å². The lowest BCUT2D eigenvalue weighted by Crippen LogP contribution is -1.38. The molecule has 0 atom stereocenters. The standard InChI is InChI=1S/C4H6N2.C2H6/c1-2-3-4-6-5;1-2/h2-5H,1H2;1-2H3/b4-3-,6-5?;. The number of hydrogen-bond donors (Lipinski definition) is 1. The van der Waals surface area contributed by atoms with Crippen LogP contribution in [0.3, 0.4) is 0 Å². The van der Waals surface area contributed by atoms with Crippen molar-refractivity contribution in [2.24, 2.45) is 5.11 Å². The molecule has 0 aliphatic carbocycles. The minimum Gasteiger partial charge on any atom is -0.205 e. The Labute approximate surface area is 50.4 Å². The molecule has 0 heterocycles. The van der Waals surface area contributed by atoms with Crippen LogP contribution in [0.15, 0.2) is 30.0 Å². The Morgan fingerprint density at radius 2 is 2.00 bits per heavy atom. The molecule has 46 valence electrons. The highest BCUT2D eigenvalue weighted by atomic mass is 14.9. The van der Waals surface area contributed by atoms with Gasteiger partial charge in [-0.2, -0.15) is 5.11 Å². The predicted octanol–water partition coefficient (Wildman–Crippen LogP) is 2.74. The molecule has 0 aromatic heterocycles. The average Bonchev–Trinajstić information content (AvgIpc) is 1.88. The highest BCUT2D eigenvalue weighted by molar-refractivity contribution is 4.94. The second kappa shape index (κ2) is 16.5. The van der Waals surface area contributed by atoms with Gasteiger partial charge in [0.2, 0.25) is 0 Å². The Hall–Kier alpha value is -0.920. The first kappa shape index (κ1) is 10.1. The summed E-state index contributed by atoms with van der Waals surface area (Å²) in [6.45, 7) is 7.37. The van der Waals surface area contributed by atoms with Crippen LogP contribution in [0.2, 0.25) is 0 Å². The Morgan fingerprint density at radius 3 is 2.12 bits per heavy atom. The van der Waals surface area contributed by atoms with Gasteiger partial charge in [-0.25, -0.2) is 5.53 Å². The first-order chi connectivity index (χ1) is 3.91. The van der Waals surface area contributed by atoms with Gasteiger partial charge < -0.3 is 0 Å². The molecule has 2 nitrogen and oxygen atoms in total. The lowest BCUT2D eigenvalue weighted by Gasteiger charge is -1.59. The molecule has 0 spiro atoms. The third kappa shape index (κ3) is 19.5. The van der Waals surface area contributed by atoms with Crippen molar-refractivity contribution < 1.29 is 0 Å². The monoisotopic (exact) mass is 112 g/mol. The zero-order valence-electron chi connectivity index (χ0n) is 5.39. The number of hydrogen-bond acceptors (Lipinski definition) is 2. The Kier molecular flexibility index (Phi) is 21.0. The van der Waals surface area contributed by atoms with E-state index in [4.69, 9.17) is 5.53 Å². The number of nitrogens with one attached hydrogen (secondary N) is 1. The molecule has 0 bridgehead atoms. The summed E-state index contributed by atoms with van der Waals surface area (Å²) >= 11 is 0. The van der Waals surface area contributed by atoms with E-state index >= 15 is 0 Å². The predicted molar refractivity (Wildman–Crippen MR) is 35.8 cm³/mol. The van der Waals surface area contributed by atoms with Gasteiger partial charge in [0.25, 0.3) is 0 Å². The summed E-state index contributed by atoms with van der Waals surface area (Å²) in [6.07, 6.45) is 4.51. The molecule has 1 N–H and O–H groups in total. The number of rotatable bonds is 2. The van der Waals surface area contributed by atoms with Gasteiger partial charge in [-0.15, -0.1) is 0 Å². The van der Waals surface area contributed by atoms with Crippen LogP contribution in [-0.4, -0.2) is 0 Å². The molecule has 0 fully saturated rings. The highest BCUT2D eigenvalue weighted by Gasteiger charge is 1.49. The molecular formula is C6H12N2. The van der Waals surface area contributed by atoms with Crippen molar-refractivity contribution in [1.82, 2.24) is 0 Å². The lowest BCUT2D eigenvalue weighted by molar-refractivity contribution is 1.14. The molecule has 0 unspecified atom stereocenters. The fourth-order valence-electron chi connectivity index (χ4n) is 0.104. The van der Waals surface area contributed by atoms with Gasteiger partial charge in [-0.3, -0.25) is 0 Å². The average molecular weight is 112 g/mol. The van der Waals surface area contributed by atoms with E-state index in [0.29, 0.717) is 0 Å². The van der Waals surface area contributed by atoms with Crippen molar-refractivity contribution >= 4 is 0 Å². The molecule has 8 heavy (non-hydrogen) atoms. The minimum absolute atomic E-state index is 1.35. The van der Waals surface area contributed by atoms with E-state index in [1.165, 1.54) is 6.20 Å². The summed E-state index contributed by atoms with van der Waals surface area (Å²) in [5.41, 5.74) is 6.20. The maximum Gasteiger partial charge on any atom is 0.0488 e. The highest BCUT2D eigenvalue weighted by Crippen LogP contribution is 1.69. The maximum atomic E-state index is 6.20. The summed E-state index contributed by atoms with van der Waals surface area (Å²) in [4.78, 5) is 0. The largest absolute Gasteiger partial charge is 0.205 e. The third-order valence-electron chi connectivity index (χ3n) is 0.297. The molecule has 2 heteroatoms. The molecule has 0 saturated heterocycles. The first-order valence-electron chi connectivity index (χ1n) is 2.56. The van der Waals surface area contributed by atoms with E-state index in [0.717, 1.165) is 0 Å². The van der Waals surface area contributed by atoms with Gasteiger partial charge in [-0.05, 0) is 6.08 Å². The minimum atomic E-state index is 1.35. The van der Waals surface area contributed by atoms with Gasteiger partial charge in [-0.1, -0.05) is 26.5 Å². The lowest BCUT2D eigenvalue weighted by atomic mass is 10.6. The van der Waals surface area contributed by atoms with Gasteiger partial charge in [0.05, 0.1) is 0 Å². The summed E-state index contributed by atoms with van der Waals surface area (Å²) in [7, 11) is 0. The van der Waals surface area contributed by atoms with E-state index in [1.807, 2.05) is 13.8 Å². The Bertz CT molecular complexity index is 64.6. The zero-order chi connectivity index (χ0) is 6.83. The number of allylic oxidation sites excluding steroid dienone is 2. The van der Waals surface area contributed by atoms with Crippen LogP contribution in [0.25, 0.3) is 0 Å². The van der Waals surface area contributed by atoms with Crippen molar-refractivity contribution in [3.63, 3.8) is 0 Å². The molecule has 0 saturated carbocycles. The second-order valence-electron chi connectivity index (χ2n) is 0.706. The molecule has 0 aromatic carbocycles. The fraction of sp³-hybridized carbons (Fsp3) is 0.333. The summed E-state index contributed by atoms with van der Waals surface area (Å²) in [5, 5.41) is 2.92. The van der Waals surface area contributed by atoms with Gasteiger partial charge in [0, 0.05) is 6.20 Å². The fourth-order valence-corrected chi connectivity index (χ4v) is 0.104. The third-order valence-corrected chi connectivity index (χ3v) is 0.297. The van der Waals surface area contributed by atoms with E-state index in [2.05, 4.69) is 11.7 Å². The van der Waals surface area contributed by atoms with Crippen LogP contribution in [-0.2, 0) is 0 Å². The van der Waals surface area contributed by atoms with E-state index in [9.17, 15) is 0 Å². The zero-order valence-corrected chi connectivity index (χ0v) is 5.39. The molecule has 0 aromatic rings. The normalized spacial score (nSPS) is 7.25. The smallest absolute Gasteiger partial charge is 0.0488 e. The Balaban J connectivity index is 0. The van der Waals surface area contributed by atoms with Crippen LogP contribution in [0.1, 0.15) is 13.8 Å². The second-order valence-corrected chi connectivity index (χ2v) is 0.706. The quantitative estimate of drug-likeness (QED) is 0.421. The van der Waals surface area contributed by atoms with Gasteiger partial charge in [0.1, 0.15) is 0 Å². The first-order valence-corrected chi connectivity index (χ1v) is 2.56. The van der Waals surface area contributed by atoms with Crippen LogP contribution in [0, 0.1) is 5.53 Å². The number of nitrogens with zero attached hydrogens (tertiary/aromatic N) is 1. The molecule has 0 amide bonds. The van der Waals surface area contributed by atoms with Crippen molar-refractivity contribution in [1.29, 1.82) is 5.53 Å². The molecule has 0 aliphatic heterocycles.